The summed E-state index contributed by atoms with van der Waals surface area (Å²) in [5.41, 5.74) is 1.32. The number of hydrogen-bond acceptors (Lipinski definition) is 4. The van der Waals surface area contributed by atoms with Crippen molar-refractivity contribution in [3.8, 4) is 5.75 Å². The van der Waals surface area contributed by atoms with Gasteiger partial charge in [0.15, 0.2) is 0 Å². The first-order valence-corrected chi connectivity index (χ1v) is 8.69. The van der Waals surface area contributed by atoms with Crippen molar-refractivity contribution >= 4 is 5.91 Å². The molecule has 1 aliphatic heterocycles. The van der Waals surface area contributed by atoms with Gasteiger partial charge in [0.25, 0.3) is 0 Å². The lowest BCUT2D eigenvalue weighted by molar-refractivity contribution is -0.274. The topological polar surface area (TPSA) is 54.5 Å². The highest BCUT2D eigenvalue weighted by Crippen LogP contribution is 2.26. The number of nitrogens with zero attached hydrogens (tertiary/aromatic N) is 2. The van der Waals surface area contributed by atoms with E-state index in [9.17, 15) is 18.0 Å². The van der Waals surface area contributed by atoms with Crippen LogP contribution in [0.5, 0.6) is 5.75 Å². The van der Waals surface area contributed by atoms with E-state index in [0.717, 1.165) is 31.5 Å². The van der Waals surface area contributed by atoms with Crippen molar-refractivity contribution in [2.45, 2.75) is 31.8 Å². The van der Waals surface area contributed by atoms with Crippen molar-refractivity contribution < 1.29 is 22.7 Å². The Labute approximate surface area is 155 Å². The Morgan fingerprint density at radius 2 is 2.00 bits per heavy atom. The van der Waals surface area contributed by atoms with Gasteiger partial charge in [-0.25, -0.2) is 0 Å². The molecule has 5 nitrogen and oxygen atoms in total. The second-order valence-electron chi connectivity index (χ2n) is 6.34. The van der Waals surface area contributed by atoms with E-state index in [2.05, 4.69) is 19.9 Å². The maximum atomic E-state index is 12.8. The highest BCUT2D eigenvalue weighted by atomic mass is 19.4. The molecule has 8 heteroatoms. The van der Waals surface area contributed by atoms with Gasteiger partial charge in [-0.1, -0.05) is 18.2 Å². The second kappa shape index (κ2) is 8.39. The van der Waals surface area contributed by atoms with E-state index in [1.165, 1.54) is 18.2 Å². The fraction of sp³-hybridized carbons (Fsp3) is 0.368. The van der Waals surface area contributed by atoms with E-state index in [0.29, 0.717) is 5.56 Å². The predicted octanol–water partition coefficient (Wildman–Crippen LogP) is 3.43. The molecule has 27 heavy (non-hydrogen) atoms. The maximum Gasteiger partial charge on any atom is 0.573 e. The number of pyridine rings is 1. The van der Waals surface area contributed by atoms with Crippen LogP contribution in [0.3, 0.4) is 0 Å². The van der Waals surface area contributed by atoms with Crippen molar-refractivity contribution in [2.24, 2.45) is 0 Å². The zero-order valence-electron chi connectivity index (χ0n) is 14.6. The van der Waals surface area contributed by atoms with Gasteiger partial charge in [0, 0.05) is 18.9 Å². The Morgan fingerprint density at radius 3 is 2.67 bits per heavy atom. The summed E-state index contributed by atoms with van der Waals surface area (Å²) in [6.45, 7) is 1.75. The second-order valence-corrected chi connectivity index (χ2v) is 6.34. The fourth-order valence-electron chi connectivity index (χ4n) is 3.20. The molecule has 1 N–H and O–H groups in total. The van der Waals surface area contributed by atoms with Crippen LogP contribution in [0.25, 0.3) is 0 Å². The van der Waals surface area contributed by atoms with Crippen LogP contribution in [0.1, 0.15) is 30.0 Å². The molecule has 1 saturated heterocycles. The standard InChI is InChI=1S/C19H20F3N3O2/c20-19(21,22)27-16-7-3-5-14(11-16)12-24-18(26)17(25-9-1-2-10-25)15-6-4-8-23-13-15/h3-8,11,13,17H,1-2,9-10,12H2,(H,24,26)/t17-/m0/s1. The third-order valence-electron chi connectivity index (χ3n) is 4.35. The number of carbonyl (C=O) groups excluding carboxylic acids is 1. The Morgan fingerprint density at radius 1 is 1.22 bits per heavy atom. The summed E-state index contributed by atoms with van der Waals surface area (Å²) in [5.74, 6) is -0.510. The lowest BCUT2D eigenvalue weighted by Crippen LogP contribution is -2.39. The molecule has 1 amide bonds. The summed E-state index contributed by atoms with van der Waals surface area (Å²) in [6.07, 6.45) is 0.625. The van der Waals surface area contributed by atoms with Crippen molar-refractivity contribution in [1.29, 1.82) is 0 Å². The van der Waals surface area contributed by atoms with Gasteiger partial charge >= 0.3 is 6.36 Å². The third kappa shape index (κ3) is 5.43. The molecule has 144 valence electrons. The quantitative estimate of drug-likeness (QED) is 0.836. The smallest absolute Gasteiger partial charge is 0.406 e. The number of hydrogen-bond donors (Lipinski definition) is 1. The molecule has 1 fully saturated rings. The monoisotopic (exact) mass is 379 g/mol. The third-order valence-corrected chi connectivity index (χ3v) is 4.35. The van der Waals surface area contributed by atoms with Crippen molar-refractivity contribution in [1.82, 2.24) is 15.2 Å². The molecule has 0 radical (unpaired) electrons. The van der Waals surface area contributed by atoms with Gasteiger partial charge < -0.3 is 10.1 Å². The highest BCUT2D eigenvalue weighted by molar-refractivity contribution is 5.83. The summed E-state index contributed by atoms with van der Waals surface area (Å²) in [4.78, 5) is 19.0. The molecule has 3 rings (SSSR count). The van der Waals surface area contributed by atoms with E-state index in [-0.39, 0.29) is 18.2 Å². The molecular formula is C19H20F3N3O2. The molecular weight excluding hydrogens is 359 g/mol. The van der Waals surface area contributed by atoms with Crippen LogP contribution in [0, 0.1) is 0 Å². The predicted molar refractivity (Wildman–Crippen MR) is 92.8 cm³/mol. The van der Waals surface area contributed by atoms with Gasteiger partial charge in [-0.2, -0.15) is 0 Å². The molecule has 2 heterocycles. The summed E-state index contributed by atoms with van der Waals surface area (Å²) >= 11 is 0. The van der Waals surface area contributed by atoms with Gasteiger partial charge in [-0.3, -0.25) is 14.7 Å². The molecule has 0 unspecified atom stereocenters. The van der Waals surface area contributed by atoms with Gasteiger partial charge in [-0.15, -0.1) is 13.2 Å². The van der Waals surface area contributed by atoms with E-state index >= 15 is 0 Å². The minimum absolute atomic E-state index is 0.110. The number of halogens is 3. The first-order chi connectivity index (χ1) is 12.9. The highest BCUT2D eigenvalue weighted by Gasteiger charge is 2.31. The molecule has 1 aromatic heterocycles. The summed E-state index contributed by atoms with van der Waals surface area (Å²) in [6, 6.07) is 8.76. The van der Waals surface area contributed by atoms with Crippen LogP contribution in [0.4, 0.5) is 13.2 Å². The molecule has 1 atom stereocenters. The molecule has 0 spiro atoms. The summed E-state index contributed by atoms with van der Waals surface area (Å²) < 4.78 is 41.0. The minimum Gasteiger partial charge on any atom is -0.406 e. The lowest BCUT2D eigenvalue weighted by Gasteiger charge is -2.26. The number of rotatable bonds is 6. The first-order valence-electron chi connectivity index (χ1n) is 8.69. The summed E-state index contributed by atoms with van der Waals surface area (Å²) in [7, 11) is 0. The number of alkyl halides is 3. The van der Waals surface area contributed by atoms with Gasteiger partial charge in [-0.05, 0) is 55.3 Å². The molecule has 0 aliphatic carbocycles. The first kappa shape index (κ1) is 19.2. The van der Waals surface area contributed by atoms with Crippen LogP contribution in [0.15, 0.2) is 48.8 Å². The Balaban J connectivity index is 1.68. The van der Waals surface area contributed by atoms with Crippen LogP contribution in [0.2, 0.25) is 0 Å². The van der Waals surface area contributed by atoms with Crippen molar-refractivity contribution in [3.05, 3.63) is 59.9 Å². The van der Waals surface area contributed by atoms with Gasteiger partial charge in [0.1, 0.15) is 11.8 Å². The van der Waals surface area contributed by atoms with Crippen LogP contribution < -0.4 is 10.1 Å². The van der Waals surface area contributed by atoms with Crippen LogP contribution in [-0.2, 0) is 11.3 Å². The van der Waals surface area contributed by atoms with Gasteiger partial charge in [0.2, 0.25) is 5.91 Å². The molecule has 0 saturated carbocycles. The number of likely N-dealkylation sites (tertiary alicyclic amines) is 1. The molecule has 1 aliphatic rings. The normalized spacial score (nSPS) is 16.1. The Hall–Kier alpha value is -2.61. The van der Waals surface area contributed by atoms with E-state index in [1.54, 1.807) is 24.5 Å². The Kier molecular flexibility index (Phi) is 5.95. The number of ether oxygens (including phenoxy) is 1. The average Bonchev–Trinajstić information content (AvgIpc) is 3.14. The van der Waals surface area contributed by atoms with Crippen molar-refractivity contribution in [3.63, 3.8) is 0 Å². The lowest BCUT2D eigenvalue weighted by atomic mass is 10.1. The molecule has 1 aromatic carbocycles. The van der Waals surface area contributed by atoms with Crippen molar-refractivity contribution in [2.75, 3.05) is 13.1 Å². The fourth-order valence-corrected chi connectivity index (χ4v) is 3.20. The number of aromatic nitrogens is 1. The van der Waals surface area contributed by atoms with E-state index < -0.39 is 12.4 Å². The number of nitrogens with one attached hydrogen (secondary N) is 1. The average molecular weight is 379 g/mol. The number of benzene rings is 1. The zero-order chi connectivity index (χ0) is 19.3. The minimum atomic E-state index is -4.75. The largest absolute Gasteiger partial charge is 0.573 e. The molecule has 0 bridgehead atoms. The zero-order valence-corrected chi connectivity index (χ0v) is 14.6. The summed E-state index contributed by atoms with van der Waals surface area (Å²) in [5, 5.41) is 2.82. The van der Waals surface area contributed by atoms with E-state index in [1.807, 2.05) is 6.07 Å². The van der Waals surface area contributed by atoms with Gasteiger partial charge in [0.05, 0.1) is 0 Å². The van der Waals surface area contributed by atoms with E-state index in [4.69, 9.17) is 0 Å². The van der Waals surface area contributed by atoms with Crippen LogP contribution in [-0.4, -0.2) is 35.2 Å². The van der Waals surface area contributed by atoms with Crippen LogP contribution >= 0.6 is 0 Å². The Bertz CT molecular complexity index is 762. The maximum absolute atomic E-state index is 12.8. The number of carbonyl (C=O) groups is 1. The molecule has 2 aromatic rings. The number of amides is 1. The SMILES string of the molecule is O=C(NCc1cccc(OC(F)(F)F)c1)[C@H](c1cccnc1)N1CCCC1.